The van der Waals surface area contributed by atoms with Crippen LogP contribution in [0.1, 0.15) is 46.5 Å². The molecule has 0 amide bonds. The Bertz CT molecular complexity index is 167. The van der Waals surface area contributed by atoms with Gasteiger partial charge >= 0.3 is 0 Å². The fraction of sp³-hybridized carbons (Fsp3) is 1.00. The van der Waals surface area contributed by atoms with Crippen LogP contribution in [0.15, 0.2) is 0 Å². The van der Waals surface area contributed by atoms with E-state index in [1.54, 1.807) is 0 Å². The van der Waals surface area contributed by atoms with E-state index in [0.717, 1.165) is 6.54 Å². The topological polar surface area (TPSA) is 23.5 Å². The predicted molar refractivity (Wildman–Crippen MR) is 64.9 cm³/mol. The van der Waals surface area contributed by atoms with Crippen LogP contribution in [0, 0.1) is 11.3 Å². The van der Waals surface area contributed by atoms with Crippen molar-refractivity contribution < 1.29 is 5.11 Å². The van der Waals surface area contributed by atoms with Crippen LogP contribution in [-0.2, 0) is 0 Å². The van der Waals surface area contributed by atoms with E-state index in [-0.39, 0.29) is 0 Å². The lowest BCUT2D eigenvalue weighted by Gasteiger charge is -2.51. The number of hydrogen-bond donors (Lipinski definition) is 1. The highest BCUT2D eigenvalue weighted by molar-refractivity contribution is 4.94. The van der Waals surface area contributed by atoms with Gasteiger partial charge in [-0.15, -0.1) is 0 Å². The lowest BCUT2D eigenvalue weighted by Crippen LogP contribution is -2.57. The van der Waals surface area contributed by atoms with Gasteiger partial charge in [-0.05, 0) is 24.2 Å². The molecular formula is C13H27NO. The molecule has 90 valence electrons. The van der Waals surface area contributed by atoms with E-state index < -0.39 is 0 Å². The number of aliphatic hydroxyl groups excluding tert-OH is 1. The largest absolute Gasteiger partial charge is 0.396 e. The maximum absolute atomic E-state index is 9.01. The molecule has 0 bridgehead atoms. The Hall–Kier alpha value is -0.0800. The Morgan fingerprint density at radius 1 is 1.20 bits per heavy atom. The molecule has 0 radical (unpaired) electrons. The van der Waals surface area contributed by atoms with Crippen molar-refractivity contribution in [3.8, 4) is 0 Å². The van der Waals surface area contributed by atoms with Gasteiger partial charge in [-0.1, -0.05) is 33.6 Å². The lowest BCUT2D eigenvalue weighted by molar-refractivity contribution is -0.0268. The van der Waals surface area contributed by atoms with E-state index >= 15 is 0 Å². The zero-order chi connectivity index (χ0) is 11.3. The van der Waals surface area contributed by atoms with Crippen molar-refractivity contribution in [1.29, 1.82) is 0 Å². The average molecular weight is 213 g/mol. The van der Waals surface area contributed by atoms with Crippen molar-refractivity contribution in [2.75, 3.05) is 26.2 Å². The fourth-order valence-corrected chi connectivity index (χ4v) is 3.03. The van der Waals surface area contributed by atoms with Crippen LogP contribution in [0.25, 0.3) is 0 Å². The molecule has 2 nitrogen and oxygen atoms in total. The van der Waals surface area contributed by atoms with Crippen molar-refractivity contribution >= 4 is 0 Å². The first-order chi connectivity index (χ1) is 7.15. The van der Waals surface area contributed by atoms with Gasteiger partial charge in [0.1, 0.15) is 0 Å². The number of hydrogen-bond acceptors (Lipinski definition) is 2. The second-order valence-electron chi connectivity index (χ2n) is 5.46. The molecule has 1 atom stereocenters. The fourth-order valence-electron chi connectivity index (χ4n) is 3.03. The van der Waals surface area contributed by atoms with Gasteiger partial charge in [0.25, 0.3) is 0 Å². The van der Waals surface area contributed by atoms with Gasteiger partial charge in [-0.3, -0.25) is 0 Å². The van der Waals surface area contributed by atoms with Crippen molar-refractivity contribution in [1.82, 2.24) is 4.90 Å². The van der Waals surface area contributed by atoms with Crippen molar-refractivity contribution in [2.24, 2.45) is 11.3 Å². The maximum Gasteiger partial charge on any atom is 0.0468 e. The molecule has 0 aromatic heterocycles. The van der Waals surface area contributed by atoms with Gasteiger partial charge < -0.3 is 10.0 Å². The molecule has 0 spiro atoms. The monoisotopic (exact) mass is 213 g/mol. The van der Waals surface area contributed by atoms with Gasteiger partial charge in [-0.25, -0.2) is 0 Å². The average Bonchev–Trinajstić information content (AvgIpc) is 2.15. The number of aliphatic hydroxyl groups is 1. The van der Waals surface area contributed by atoms with Crippen LogP contribution in [0.4, 0.5) is 0 Å². The van der Waals surface area contributed by atoms with E-state index in [2.05, 4.69) is 25.7 Å². The summed E-state index contributed by atoms with van der Waals surface area (Å²) in [6.07, 6.45) is 5.38. The normalized spacial score (nSPS) is 22.4. The Kier molecular flexibility index (Phi) is 5.07. The first-order valence-electron chi connectivity index (χ1n) is 6.49. The molecule has 1 aliphatic rings. The standard InChI is InChI=1S/C13H27NO/c1-4-6-13(7-5-2)10-14(11-13)8-12(3)9-15/h12,15H,4-11H2,1-3H3. The van der Waals surface area contributed by atoms with Gasteiger partial charge in [0.15, 0.2) is 0 Å². The van der Waals surface area contributed by atoms with E-state index in [0.29, 0.717) is 17.9 Å². The van der Waals surface area contributed by atoms with Crippen molar-refractivity contribution in [3.63, 3.8) is 0 Å². The van der Waals surface area contributed by atoms with Crippen LogP contribution in [0.2, 0.25) is 0 Å². The molecule has 2 heteroatoms. The minimum absolute atomic E-state index is 0.324. The smallest absolute Gasteiger partial charge is 0.0468 e. The summed E-state index contributed by atoms with van der Waals surface area (Å²) in [5, 5.41) is 9.01. The number of rotatable bonds is 7. The third-order valence-electron chi connectivity index (χ3n) is 3.56. The molecule has 1 unspecified atom stereocenters. The van der Waals surface area contributed by atoms with E-state index in [9.17, 15) is 0 Å². The quantitative estimate of drug-likeness (QED) is 0.702. The third kappa shape index (κ3) is 3.46. The second kappa shape index (κ2) is 5.86. The molecular weight excluding hydrogens is 186 g/mol. The summed E-state index contributed by atoms with van der Waals surface area (Å²) in [5.41, 5.74) is 0.624. The molecule has 0 aromatic rings. The minimum atomic E-state index is 0.324. The summed E-state index contributed by atoms with van der Waals surface area (Å²) in [6.45, 7) is 10.6. The minimum Gasteiger partial charge on any atom is -0.396 e. The zero-order valence-corrected chi connectivity index (χ0v) is 10.6. The maximum atomic E-state index is 9.01. The predicted octanol–water partition coefficient (Wildman–Crippen LogP) is 2.52. The van der Waals surface area contributed by atoms with Gasteiger partial charge in [0.05, 0.1) is 0 Å². The number of nitrogens with zero attached hydrogens (tertiary/aromatic N) is 1. The molecule has 1 N–H and O–H groups in total. The van der Waals surface area contributed by atoms with Crippen LogP contribution in [0.3, 0.4) is 0 Å². The second-order valence-corrected chi connectivity index (χ2v) is 5.46. The summed E-state index contributed by atoms with van der Waals surface area (Å²) in [7, 11) is 0. The molecule has 1 fully saturated rings. The summed E-state index contributed by atoms with van der Waals surface area (Å²) < 4.78 is 0. The highest BCUT2D eigenvalue weighted by atomic mass is 16.3. The van der Waals surface area contributed by atoms with Crippen LogP contribution >= 0.6 is 0 Å². The molecule has 1 rings (SSSR count). The van der Waals surface area contributed by atoms with E-state index in [1.807, 2.05) is 0 Å². The Morgan fingerprint density at radius 2 is 1.73 bits per heavy atom. The van der Waals surface area contributed by atoms with Crippen LogP contribution in [0.5, 0.6) is 0 Å². The van der Waals surface area contributed by atoms with Crippen LogP contribution in [-0.4, -0.2) is 36.2 Å². The highest BCUT2D eigenvalue weighted by Crippen LogP contribution is 2.39. The first-order valence-corrected chi connectivity index (χ1v) is 6.49. The molecule has 1 aliphatic heterocycles. The summed E-state index contributed by atoms with van der Waals surface area (Å²) >= 11 is 0. The Labute approximate surface area is 94.7 Å². The SMILES string of the molecule is CCCC1(CCC)CN(CC(C)CO)C1. The summed E-state index contributed by atoms with van der Waals surface area (Å²) in [6, 6.07) is 0. The highest BCUT2D eigenvalue weighted by Gasteiger charge is 2.40. The van der Waals surface area contributed by atoms with E-state index in [1.165, 1.54) is 38.8 Å². The third-order valence-corrected chi connectivity index (χ3v) is 3.56. The Balaban J connectivity index is 2.30. The zero-order valence-electron chi connectivity index (χ0n) is 10.6. The van der Waals surface area contributed by atoms with Gasteiger partial charge in [-0.2, -0.15) is 0 Å². The number of likely N-dealkylation sites (tertiary alicyclic amines) is 1. The lowest BCUT2D eigenvalue weighted by atomic mass is 9.72. The van der Waals surface area contributed by atoms with Crippen molar-refractivity contribution in [3.05, 3.63) is 0 Å². The summed E-state index contributed by atoms with van der Waals surface area (Å²) in [5.74, 6) is 0.436. The first kappa shape index (κ1) is 13.0. The molecule has 0 saturated carbocycles. The molecule has 0 aliphatic carbocycles. The summed E-state index contributed by atoms with van der Waals surface area (Å²) in [4.78, 5) is 2.51. The molecule has 15 heavy (non-hydrogen) atoms. The van der Waals surface area contributed by atoms with Gasteiger partial charge in [0.2, 0.25) is 0 Å². The van der Waals surface area contributed by atoms with Crippen LogP contribution < -0.4 is 0 Å². The molecule has 1 saturated heterocycles. The van der Waals surface area contributed by atoms with E-state index in [4.69, 9.17) is 5.11 Å². The Morgan fingerprint density at radius 3 is 2.13 bits per heavy atom. The van der Waals surface area contributed by atoms with Gasteiger partial charge in [0, 0.05) is 26.2 Å². The molecule has 1 heterocycles. The molecule has 0 aromatic carbocycles. The van der Waals surface area contributed by atoms with Crippen molar-refractivity contribution in [2.45, 2.75) is 46.5 Å².